The topological polar surface area (TPSA) is 20.2 Å². The van der Waals surface area contributed by atoms with Gasteiger partial charge in [-0.3, -0.25) is 0 Å². The molecular formula is C13H26O. The number of unbranched alkanes of at least 4 members (excludes halogenated alkanes) is 1. The Morgan fingerprint density at radius 2 is 2.14 bits per heavy atom. The Balaban J connectivity index is 2.44. The highest BCUT2D eigenvalue weighted by molar-refractivity contribution is 4.87. The molecule has 0 bridgehead atoms. The Labute approximate surface area is 88.9 Å². The molecule has 1 fully saturated rings. The fraction of sp³-hybridized carbons (Fsp3) is 1.00. The Kier molecular flexibility index (Phi) is 4.43. The second-order valence-electron chi connectivity index (χ2n) is 5.43. The monoisotopic (exact) mass is 198 g/mol. The molecule has 1 aliphatic carbocycles. The van der Waals surface area contributed by atoms with Gasteiger partial charge in [0.25, 0.3) is 0 Å². The van der Waals surface area contributed by atoms with Crippen molar-refractivity contribution in [3.05, 3.63) is 0 Å². The maximum Gasteiger partial charge on any atom is 0.0650 e. The Bertz CT molecular complexity index is 165. The summed E-state index contributed by atoms with van der Waals surface area (Å²) >= 11 is 0. The van der Waals surface area contributed by atoms with Gasteiger partial charge in [0.05, 0.1) is 5.60 Å². The summed E-state index contributed by atoms with van der Waals surface area (Å²) in [6, 6.07) is 0. The lowest BCUT2D eigenvalue weighted by Gasteiger charge is -2.38. The molecule has 84 valence electrons. The van der Waals surface area contributed by atoms with Crippen LogP contribution in [0.4, 0.5) is 0 Å². The van der Waals surface area contributed by atoms with Crippen molar-refractivity contribution in [3.63, 3.8) is 0 Å². The second kappa shape index (κ2) is 5.16. The van der Waals surface area contributed by atoms with Crippen LogP contribution in [0.25, 0.3) is 0 Å². The van der Waals surface area contributed by atoms with E-state index in [4.69, 9.17) is 0 Å². The summed E-state index contributed by atoms with van der Waals surface area (Å²) in [5.41, 5.74) is -0.316. The first-order chi connectivity index (χ1) is 6.57. The molecule has 0 aromatic carbocycles. The summed E-state index contributed by atoms with van der Waals surface area (Å²) in [4.78, 5) is 0. The minimum atomic E-state index is -0.316. The third kappa shape index (κ3) is 3.27. The van der Waals surface area contributed by atoms with Crippen LogP contribution in [-0.2, 0) is 0 Å². The van der Waals surface area contributed by atoms with E-state index in [-0.39, 0.29) is 5.60 Å². The zero-order chi connectivity index (χ0) is 10.6. The third-order valence-electron chi connectivity index (χ3n) is 3.80. The lowest BCUT2D eigenvalue weighted by molar-refractivity contribution is -0.0325. The molecule has 1 saturated carbocycles. The van der Waals surface area contributed by atoms with Crippen LogP contribution in [0.5, 0.6) is 0 Å². The molecule has 0 amide bonds. The first-order valence-corrected chi connectivity index (χ1v) is 6.30. The SMILES string of the molecule is CCCCC1(O)CCCC(C(C)C)C1. The van der Waals surface area contributed by atoms with E-state index in [2.05, 4.69) is 20.8 Å². The minimum absolute atomic E-state index is 0.316. The zero-order valence-corrected chi connectivity index (χ0v) is 10.1. The summed E-state index contributed by atoms with van der Waals surface area (Å²) in [6.45, 7) is 6.78. The van der Waals surface area contributed by atoms with Crippen molar-refractivity contribution >= 4 is 0 Å². The fourth-order valence-corrected chi connectivity index (χ4v) is 2.69. The molecule has 1 heteroatoms. The molecule has 1 aliphatic rings. The van der Waals surface area contributed by atoms with Crippen molar-refractivity contribution in [1.29, 1.82) is 0 Å². The molecule has 2 unspecified atom stereocenters. The molecule has 0 saturated heterocycles. The van der Waals surface area contributed by atoms with Crippen LogP contribution in [0.2, 0.25) is 0 Å². The van der Waals surface area contributed by atoms with Gasteiger partial charge >= 0.3 is 0 Å². The van der Waals surface area contributed by atoms with Gasteiger partial charge in [0.1, 0.15) is 0 Å². The highest BCUT2D eigenvalue weighted by Crippen LogP contribution is 2.38. The summed E-state index contributed by atoms with van der Waals surface area (Å²) in [5.74, 6) is 1.49. The Morgan fingerprint density at radius 1 is 1.43 bits per heavy atom. The highest BCUT2D eigenvalue weighted by Gasteiger charge is 2.34. The van der Waals surface area contributed by atoms with Crippen molar-refractivity contribution in [3.8, 4) is 0 Å². The van der Waals surface area contributed by atoms with Crippen LogP contribution in [0.3, 0.4) is 0 Å². The second-order valence-corrected chi connectivity index (χ2v) is 5.43. The van der Waals surface area contributed by atoms with Crippen molar-refractivity contribution in [1.82, 2.24) is 0 Å². The number of aliphatic hydroxyl groups is 1. The number of rotatable bonds is 4. The van der Waals surface area contributed by atoms with Crippen LogP contribution < -0.4 is 0 Å². The van der Waals surface area contributed by atoms with E-state index < -0.39 is 0 Å². The average molecular weight is 198 g/mol. The standard InChI is InChI=1S/C13H26O/c1-4-5-8-13(14)9-6-7-12(10-13)11(2)3/h11-12,14H,4-10H2,1-3H3. The Morgan fingerprint density at radius 3 is 2.71 bits per heavy atom. The lowest BCUT2D eigenvalue weighted by Crippen LogP contribution is -2.36. The molecule has 1 nitrogen and oxygen atoms in total. The summed E-state index contributed by atoms with van der Waals surface area (Å²) in [7, 11) is 0. The van der Waals surface area contributed by atoms with Gasteiger partial charge in [0, 0.05) is 0 Å². The van der Waals surface area contributed by atoms with E-state index in [1.165, 1.54) is 25.7 Å². The summed E-state index contributed by atoms with van der Waals surface area (Å²) in [6.07, 6.45) is 8.04. The number of hydrogen-bond acceptors (Lipinski definition) is 1. The van der Waals surface area contributed by atoms with Gasteiger partial charge in [-0.25, -0.2) is 0 Å². The lowest BCUT2D eigenvalue weighted by atomic mass is 9.72. The fourth-order valence-electron chi connectivity index (χ4n) is 2.69. The smallest absolute Gasteiger partial charge is 0.0650 e. The van der Waals surface area contributed by atoms with Gasteiger partial charge in [0.15, 0.2) is 0 Å². The van der Waals surface area contributed by atoms with Crippen molar-refractivity contribution in [2.75, 3.05) is 0 Å². The van der Waals surface area contributed by atoms with E-state index in [1.807, 2.05) is 0 Å². The quantitative estimate of drug-likeness (QED) is 0.729. The van der Waals surface area contributed by atoms with Crippen molar-refractivity contribution in [2.45, 2.75) is 71.3 Å². The van der Waals surface area contributed by atoms with Crippen LogP contribution >= 0.6 is 0 Å². The van der Waals surface area contributed by atoms with Gasteiger partial charge in [-0.15, -0.1) is 0 Å². The average Bonchev–Trinajstić information content (AvgIpc) is 2.15. The number of hydrogen-bond donors (Lipinski definition) is 1. The molecular weight excluding hydrogens is 172 g/mol. The van der Waals surface area contributed by atoms with E-state index in [0.29, 0.717) is 0 Å². The molecule has 0 aromatic rings. The maximum absolute atomic E-state index is 10.4. The predicted octanol–water partition coefficient (Wildman–Crippen LogP) is 3.75. The first kappa shape index (κ1) is 12.0. The van der Waals surface area contributed by atoms with Crippen LogP contribution in [0.1, 0.15) is 65.7 Å². The largest absolute Gasteiger partial charge is 0.390 e. The summed E-state index contributed by atoms with van der Waals surface area (Å²) < 4.78 is 0. The normalized spacial score (nSPS) is 33.6. The predicted molar refractivity (Wildman–Crippen MR) is 61.3 cm³/mol. The molecule has 0 aliphatic heterocycles. The summed E-state index contributed by atoms with van der Waals surface area (Å²) in [5, 5.41) is 10.4. The molecule has 0 aromatic heterocycles. The molecule has 0 spiro atoms. The van der Waals surface area contributed by atoms with Crippen LogP contribution in [0, 0.1) is 11.8 Å². The van der Waals surface area contributed by atoms with E-state index in [9.17, 15) is 5.11 Å². The molecule has 0 radical (unpaired) electrons. The van der Waals surface area contributed by atoms with Gasteiger partial charge < -0.3 is 5.11 Å². The molecule has 1 rings (SSSR count). The van der Waals surface area contributed by atoms with Crippen LogP contribution in [0.15, 0.2) is 0 Å². The first-order valence-electron chi connectivity index (χ1n) is 6.30. The van der Waals surface area contributed by atoms with Crippen molar-refractivity contribution < 1.29 is 5.11 Å². The molecule has 2 atom stereocenters. The van der Waals surface area contributed by atoms with Gasteiger partial charge in [-0.1, -0.05) is 40.0 Å². The van der Waals surface area contributed by atoms with Crippen molar-refractivity contribution in [2.24, 2.45) is 11.8 Å². The highest BCUT2D eigenvalue weighted by atomic mass is 16.3. The molecule has 14 heavy (non-hydrogen) atoms. The van der Waals surface area contributed by atoms with Crippen LogP contribution in [-0.4, -0.2) is 10.7 Å². The maximum atomic E-state index is 10.4. The minimum Gasteiger partial charge on any atom is -0.390 e. The van der Waals surface area contributed by atoms with E-state index in [1.54, 1.807) is 0 Å². The van der Waals surface area contributed by atoms with E-state index in [0.717, 1.165) is 31.1 Å². The Hall–Kier alpha value is -0.0400. The third-order valence-corrected chi connectivity index (χ3v) is 3.80. The van der Waals surface area contributed by atoms with Gasteiger partial charge in [0.2, 0.25) is 0 Å². The van der Waals surface area contributed by atoms with E-state index >= 15 is 0 Å². The van der Waals surface area contributed by atoms with Gasteiger partial charge in [-0.05, 0) is 37.5 Å². The van der Waals surface area contributed by atoms with Gasteiger partial charge in [-0.2, -0.15) is 0 Å². The molecule has 0 heterocycles. The molecule has 1 N–H and O–H groups in total. The zero-order valence-electron chi connectivity index (χ0n) is 10.1.